The van der Waals surface area contributed by atoms with Gasteiger partial charge in [0.2, 0.25) is 0 Å². The Kier molecular flexibility index (Phi) is 8.60. The fraction of sp³-hybridized carbons (Fsp3) is 0.882. The van der Waals surface area contributed by atoms with Gasteiger partial charge in [0.15, 0.2) is 0 Å². The summed E-state index contributed by atoms with van der Waals surface area (Å²) in [6.45, 7) is 21.7. The summed E-state index contributed by atoms with van der Waals surface area (Å²) in [6, 6.07) is 0.593. The monoisotopic (exact) mass is 313 g/mol. The van der Waals surface area contributed by atoms with E-state index in [2.05, 4.69) is 67.6 Å². The molecular formula is C17H39NSi2. The third-order valence-electron chi connectivity index (χ3n) is 5.60. The van der Waals surface area contributed by atoms with Crippen molar-refractivity contribution in [3.05, 3.63) is 10.8 Å². The molecule has 3 heteroatoms. The maximum Gasteiger partial charge on any atom is 0.0762 e. The standard InChI is InChI=1S/C17H39NSi2/c1-10-17(15(8)16(9)19)18-11-20(12(2)3,13(4)5)14(6)7/h12-14,17-18H,10-11H2,1-9,19H3. The van der Waals surface area contributed by atoms with Crippen LogP contribution in [0.4, 0.5) is 0 Å². The summed E-state index contributed by atoms with van der Waals surface area (Å²) < 4.78 is 0. The highest BCUT2D eigenvalue weighted by atomic mass is 28.3. The van der Waals surface area contributed by atoms with E-state index >= 15 is 0 Å². The maximum absolute atomic E-state index is 3.96. The second kappa shape index (κ2) is 8.55. The molecule has 1 nitrogen and oxygen atoms in total. The summed E-state index contributed by atoms with van der Waals surface area (Å²) in [4.78, 5) is 0. The molecule has 0 fully saturated rings. The van der Waals surface area contributed by atoms with Gasteiger partial charge in [-0.05, 0) is 43.1 Å². The quantitative estimate of drug-likeness (QED) is 0.661. The molecule has 0 amide bonds. The lowest BCUT2D eigenvalue weighted by molar-refractivity contribution is 0.582. The predicted octanol–water partition coefficient (Wildman–Crippen LogP) is 4.23. The number of hydrogen-bond donors (Lipinski definition) is 1. The summed E-state index contributed by atoms with van der Waals surface area (Å²) in [6.07, 6.45) is 2.48. The van der Waals surface area contributed by atoms with E-state index in [1.807, 2.05) is 0 Å². The van der Waals surface area contributed by atoms with Crippen molar-refractivity contribution in [3.8, 4) is 0 Å². The molecule has 0 rings (SSSR count). The van der Waals surface area contributed by atoms with Gasteiger partial charge >= 0.3 is 0 Å². The SMILES string of the molecule is CCC(NC[Si](C(C)C)(C(C)C)C(C)C)C(C)=C(C)[SiH3]. The molecule has 1 N–H and O–H groups in total. The molecule has 0 saturated heterocycles. The zero-order valence-corrected chi connectivity index (χ0v) is 18.7. The van der Waals surface area contributed by atoms with E-state index in [1.54, 1.807) is 10.8 Å². The lowest BCUT2D eigenvalue weighted by Gasteiger charge is -2.44. The second-order valence-corrected chi connectivity index (χ2v) is 15.1. The van der Waals surface area contributed by atoms with Gasteiger partial charge in [0, 0.05) is 16.3 Å². The van der Waals surface area contributed by atoms with Gasteiger partial charge in [-0.2, -0.15) is 0 Å². The molecule has 0 aromatic carbocycles. The smallest absolute Gasteiger partial charge is 0.0762 e. The van der Waals surface area contributed by atoms with Crippen molar-refractivity contribution < 1.29 is 0 Å². The Morgan fingerprint density at radius 2 is 1.35 bits per heavy atom. The molecular weight excluding hydrogens is 274 g/mol. The molecule has 0 aromatic rings. The van der Waals surface area contributed by atoms with Crippen LogP contribution in [0.3, 0.4) is 0 Å². The number of allylic oxidation sites excluding steroid dienone is 1. The van der Waals surface area contributed by atoms with Gasteiger partial charge in [-0.25, -0.2) is 0 Å². The summed E-state index contributed by atoms with van der Waals surface area (Å²) >= 11 is 0. The van der Waals surface area contributed by atoms with Gasteiger partial charge in [0.05, 0.1) is 8.07 Å². The maximum atomic E-state index is 3.96. The molecule has 0 aliphatic carbocycles. The molecule has 0 saturated carbocycles. The first-order valence-corrected chi connectivity index (χ1v) is 11.9. The summed E-state index contributed by atoms with van der Waals surface area (Å²) in [5, 5.41) is 5.57. The normalized spacial score (nSPS) is 16.2. The van der Waals surface area contributed by atoms with Crippen molar-refractivity contribution in [2.75, 3.05) is 6.17 Å². The van der Waals surface area contributed by atoms with E-state index in [4.69, 9.17) is 0 Å². The number of nitrogens with one attached hydrogen (secondary N) is 1. The summed E-state index contributed by atoms with van der Waals surface area (Å²) in [7, 11) is -0.117. The van der Waals surface area contributed by atoms with Crippen LogP contribution in [0.15, 0.2) is 10.8 Å². The van der Waals surface area contributed by atoms with Crippen LogP contribution in [0.2, 0.25) is 16.6 Å². The highest BCUT2D eigenvalue weighted by molar-refractivity contribution is 6.83. The Bertz CT molecular complexity index is 293. The molecule has 0 aliphatic heterocycles. The van der Waals surface area contributed by atoms with Gasteiger partial charge in [-0.15, -0.1) is 0 Å². The Balaban J connectivity index is 5.16. The zero-order valence-electron chi connectivity index (χ0n) is 15.7. The van der Waals surface area contributed by atoms with E-state index < -0.39 is 8.07 Å². The van der Waals surface area contributed by atoms with E-state index in [1.165, 1.54) is 22.8 Å². The molecule has 0 radical (unpaired) electrons. The first kappa shape index (κ1) is 20.1. The van der Waals surface area contributed by atoms with Crippen molar-refractivity contribution in [1.82, 2.24) is 5.32 Å². The molecule has 0 aliphatic rings. The van der Waals surface area contributed by atoms with E-state index in [0.29, 0.717) is 6.04 Å². The van der Waals surface area contributed by atoms with Gasteiger partial charge in [-0.3, -0.25) is 0 Å². The second-order valence-electron chi connectivity index (χ2n) is 7.60. The predicted molar refractivity (Wildman–Crippen MR) is 101 cm³/mol. The van der Waals surface area contributed by atoms with Crippen LogP contribution in [-0.2, 0) is 0 Å². The zero-order chi connectivity index (χ0) is 16.1. The minimum absolute atomic E-state index is 0.593. The topological polar surface area (TPSA) is 12.0 Å². The highest BCUT2D eigenvalue weighted by Gasteiger charge is 2.42. The van der Waals surface area contributed by atoms with Crippen LogP contribution in [0.25, 0.3) is 0 Å². The van der Waals surface area contributed by atoms with Gasteiger partial charge < -0.3 is 5.32 Å². The van der Waals surface area contributed by atoms with E-state index in [9.17, 15) is 0 Å². The van der Waals surface area contributed by atoms with Crippen LogP contribution in [0.5, 0.6) is 0 Å². The molecule has 1 unspecified atom stereocenters. The molecule has 120 valence electrons. The third-order valence-corrected chi connectivity index (χ3v) is 13.7. The number of hydrogen-bond acceptors (Lipinski definition) is 1. The first-order valence-electron chi connectivity index (χ1n) is 8.48. The van der Waals surface area contributed by atoms with Crippen LogP contribution in [0, 0.1) is 0 Å². The van der Waals surface area contributed by atoms with E-state index in [-0.39, 0.29) is 0 Å². The fourth-order valence-electron chi connectivity index (χ4n) is 3.86. The van der Waals surface area contributed by atoms with Crippen LogP contribution in [0.1, 0.15) is 68.7 Å². The third kappa shape index (κ3) is 4.57. The molecule has 0 spiro atoms. The van der Waals surface area contributed by atoms with Gasteiger partial charge in [0.25, 0.3) is 0 Å². The highest BCUT2D eigenvalue weighted by Crippen LogP contribution is 2.40. The fourth-order valence-corrected chi connectivity index (χ4v) is 10.0. The Morgan fingerprint density at radius 1 is 0.950 bits per heavy atom. The van der Waals surface area contributed by atoms with Crippen LogP contribution < -0.4 is 5.32 Å². The lowest BCUT2D eigenvalue weighted by Crippen LogP contribution is -2.55. The summed E-state index contributed by atoms with van der Waals surface area (Å²) in [5.74, 6) is 0. The molecule has 1 atom stereocenters. The van der Waals surface area contributed by atoms with Gasteiger partial charge in [-0.1, -0.05) is 59.2 Å². The summed E-state index contributed by atoms with van der Waals surface area (Å²) in [5.41, 5.74) is 4.12. The molecule has 20 heavy (non-hydrogen) atoms. The minimum atomic E-state index is -1.31. The van der Waals surface area contributed by atoms with Crippen LogP contribution in [-0.4, -0.2) is 30.5 Å². The number of rotatable bonds is 8. The Morgan fingerprint density at radius 3 is 1.60 bits per heavy atom. The van der Waals surface area contributed by atoms with Crippen molar-refractivity contribution >= 4 is 18.3 Å². The van der Waals surface area contributed by atoms with Crippen molar-refractivity contribution in [1.29, 1.82) is 0 Å². The minimum Gasteiger partial charge on any atom is -0.313 e. The Hall–Kier alpha value is 0.134. The van der Waals surface area contributed by atoms with Gasteiger partial charge in [0.1, 0.15) is 0 Å². The van der Waals surface area contributed by atoms with Crippen molar-refractivity contribution in [2.24, 2.45) is 0 Å². The Labute approximate surface area is 132 Å². The van der Waals surface area contributed by atoms with Crippen LogP contribution >= 0.6 is 0 Å². The largest absolute Gasteiger partial charge is 0.313 e. The molecule has 0 heterocycles. The average Bonchev–Trinajstić information content (AvgIpc) is 2.32. The average molecular weight is 314 g/mol. The lowest BCUT2D eigenvalue weighted by atomic mass is 10.1. The van der Waals surface area contributed by atoms with Crippen molar-refractivity contribution in [3.63, 3.8) is 0 Å². The molecule has 0 aromatic heterocycles. The molecule has 0 bridgehead atoms. The van der Waals surface area contributed by atoms with Crippen molar-refractivity contribution in [2.45, 2.75) is 91.4 Å². The van der Waals surface area contributed by atoms with E-state index in [0.717, 1.165) is 16.6 Å². The first-order chi connectivity index (χ1) is 9.11.